The quantitative estimate of drug-likeness (QED) is 0.552. The van der Waals surface area contributed by atoms with Gasteiger partial charge in [-0.1, -0.05) is 42.6 Å². The number of hydrogen-bond donors (Lipinski definition) is 1. The summed E-state index contributed by atoms with van der Waals surface area (Å²) in [7, 11) is 0. The number of hydrogen-bond acceptors (Lipinski definition) is 5. The van der Waals surface area contributed by atoms with Crippen molar-refractivity contribution in [2.75, 3.05) is 0 Å². The molecule has 1 saturated heterocycles. The van der Waals surface area contributed by atoms with Gasteiger partial charge in [-0.3, -0.25) is 19.8 Å². The Morgan fingerprint density at radius 1 is 1.03 bits per heavy atom. The number of urea groups is 1. The van der Waals surface area contributed by atoms with Gasteiger partial charge in [0.1, 0.15) is 11.3 Å². The van der Waals surface area contributed by atoms with Crippen molar-refractivity contribution in [1.82, 2.24) is 10.2 Å². The largest absolute Gasteiger partial charge is 0.450 e. The number of barbiturate groups is 1. The molecule has 29 heavy (non-hydrogen) atoms. The van der Waals surface area contributed by atoms with Crippen LogP contribution in [-0.4, -0.2) is 28.8 Å². The van der Waals surface area contributed by atoms with Crippen LogP contribution in [-0.2, 0) is 9.59 Å². The number of carbonyl (C=O) groups is 3. The molecule has 0 radical (unpaired) electrons. The second-order valence-electron chi connectivity index (χ2n) is 7.00. The average molecular weight is 431 g/mol. The van der Waals surface area contributed by atoms with Gasteiger partial charge < -0.3 is 4.42 Å². The molecule has 1 saturated carbocycles. The highest BCUT2D eigenvalue weighted by atomic mass is 35.5. The maximum absolute atomic E-state index is 12.9. The third-order valence-electron chi connectivity index (χ3n) is 4.99. The van der Waals surface area contributed by atoms with Crippen LogP contribution in [0.1, 0.15) is 37.9 Å². The summed E-state index contributed by atoms with van der Waals surface area (Å²) in [6.07, 6.45) is 5.97. The number of benzene rings is 1. The summed E-state index contributed by atoms with van der Waals surface area (Å²) in [6.45, 7) is 0. The molecule has 1 aliphatic carbocycles. The first-order valence-electron chi connectivity index (χ1n) is 9.45. The Kier molecular flexibility index (Phi) is 5.78. The van der Waals surface area contributed by atoms with Gasteiger partial charge in [-0.2, -0.15) is 0 Å². The normalized spacial score (nSPS) is 19.7. The van der Waals surface area contributed by atoms with Gasteiger partial charge in [-0.15, -0.1) is 0 Å². The molecule has 1 N–H and O–H groups in total. The van der Waals surface area contributed by atoms with Crippen LogP contribution in [0, 0.1) is 0 Å². The van der Waals surface area contributed by atoms with Gasteiger partial charge in [0, 0.05) is 16.0 Å². The highest BCUT2D eigenvalue weighted by Crippen LogP contribution is 2.31. The molecule has 0 unspecified atom stereocenters. The second kappa shape index (κ2) is 8.47. The Morgan fingerprint density at radius 3 is 2.48 bits per heavy atom. The molecule has 1 aliphatic heterocycles. The molecule has 2 fully saturated rings. The molecular weight excluding hydrogens is 412 g/mol. The van der Waals surface area contributed by atoms with Crippen LogP contribution in [0.4, 0.5) is 4.79 Å². The summed E-state index contributed by atoms with van der Waals surface area (Å²) in [4.78, 5) is 39.6. The summed E-state index contributed by atoms with van der Waals surface area (Å²) in [5.74, 6) is -0.887. The molecule has 1 aromatic heterocycles. The predicted molar refractivity (Wildman–Crippen MR) is 110 cm³/mol. The van der Waals surface area contributed by atoms with Crippen LogP contribution >= 0.6 is 23.4 Å². The Bertz CT molecular complexity index is 977. The maximum Gasteiger partial charge on any atom is 0.331 e. The maximum atomic E-state index is 12.9. The minimum absolute atomic E-state index is 0.0902. The van der Waals surface area contributed by atoms with E-state index in [1.54, 1.807) is 24.3 Å². The lowest BCUT2D eigenvalue weighted by atomic mass is 9.93. The first-order chi connectivity index (χ1) is 14.0. The molecule has 0 atom stereocenters. The fraction of sp³-hybridized carbons (Fsp3) is 0.286. The Balaban J connectivity index is 1.54. The van der Waals surface area contributed by atoms with Gasteiger partial charge in [0.05, 0.1) is 0 Å². The highest BCUT2D eigenvalue weighted by molar-refractivity contribution is 7.99. The van der Waals surface area contributed by atoms with Crippen LogP contribution in [0.25, 0.3) is 6.08 Å². The predicted octanol–water partition coefficient (Wildman–Crippen LogP) is 4.88. The van der Waals surface area contributed by atoms with E-state index in [-0.39, 0.29) is 11.6 Å². The molecule has 2 aliphatic rings. The zero-order valence-corrected chi connectivity index (χ0v) is 17.1. The van der Waals surface area contributed by atoms with E-state index in [0.717, 1.165) is 37.0 Å². The fourth-order valence-electron chi connectivity index (χ4n) is 3.57. The number of rotatable bonds is 4. The minimum Gasteiger partial charge on any atom is -0.450 e. The molecule has 6 nitrogen and oxygen atoms in total. The zero-order valence-electron chi connectivity index (χ0n) is 15.5. The van der Waals surface area contributed by atoms with Crippen LogP contribution in [0.15, 0.2) is 56.4 Å². The van der Waals surface area contributed by atoms with E-state index < -0.39 is 17.8 Å². The molecule has 2 aromatic rings. The lowest BCUT2D eigenvalue weighted by molar-refractivity contribution is -0.132. The van der Waals surface area contributed by atoms with Gasteiger partial charge in [0.2, 0.25) is 0 Å². The van der Waals surface area contributed by atoms with Gasteiger partial charge in [-0.25, -0.2) is 4.79 Å². The number of furan rings is 1. The van der Waals surface area contributed by atoms with Crippen molar-refractivity contribution in [3.8, 4) is 0 Å². The molecule has 4 amide bonds. The SMILES string of the molecule is O=C1NC(=O)N(C2CCCCC2)C(=O)C1=Cc1ccc(Sc2ccc(Cl)cc2)o1. The Labute approximate surface area is 177 Å². The van der Waals surface area contributed by atoms with E-state index in [1.165, 1.54) is 22.7 Å². The third-order valence-corrected chi connectivity index (χ3v) is 6.17. The number of carbonyl (C=O) groups excluding carboxylic acids is 3. The van der Waals surface area contributed by atoms with Gasteiger partial charge in [0.25, 0.3) is 11.8 Å². The van der Waals surface area contributed by atoms with Gasteiger partial charge in [-0.05, 0) is 55.3 Å². The van der Waals surface area contributed by atoms with Crippen molar-refractivity contribution in [1.29, 1.82) is 0 Å². The number of amides is 4. The number of nitrogens with one attached hydrogen (secondary N) is 1. The van der Waals surface area contributed by atoms with Crippen molar-refractivity contribution in [2.24, 2.45) is 0 Å². The molecule has 2 heterocycles. The van der Waals surface area contributed by atoms with Crippen molar-refractivity contribution >= 4 is 47.3 Å². The molecule has 150 valence electrons. The second-order valence-corrected chi connectivity index (χ2v) is 8.51. The van der Waals surface area contributed by atoms with E-state index in [9.17, 15) is 14.4 Å². The summed E-state index contributed by atoms with van der Waals surface area (Å²) >= 11 is 7.29. The van der Waals surface area contributed by atoms with Crippen LogP contribution in [0.5, 0.6) is 0 Å². The van der Waals surface area contributed by atoms with Crippen molar-refractivity contribution in [2.45, 2.75) is 48.1 Å². The molecule has 8 heteroatoms. The van der Waals surface area contributed by atoms with E-state index in [0.29, 0.717) is 15.9 Å². The number of imide groups is 2. The standard InChI is InChI=1S/C21H19ClN2O4S/c22-13-6-9-16(10-7-13)29-18-11-8-15(28-18)12-17-19(25)23-21(27)24(20(17)26)14-4-2-1-3-5-14/h6-12,14H,1-5H2,(H,23,25,27). The third kappa shape index (κ3) is 4.41. The smallest absolute Gasteiger partial charge is 0.331 e. The lowest BCUT2D eigenvalue weighted by Crippen LogP contribution is -2.58. The topological polar surface area (TPSA) is 79.6 Å². The summed E-state index contributed by atoms with van der Waals surface area (Å²) in [5.41, 5.74) is -0.0902. The van der Waals surface area contributed by atoms with E-state index in [4.69, 9.17) is 16.0 Å². The minimum atomic E-state index is -0.699. The lowest BCUT2D eigenvalue weighted by Gasteiger charge is -2.35. The van der Waals surface area contributed by atoms with Gasteiger partial charge in [0.15, 0.2) is 5.09 Å². The first kappa shape index (κ1) is 19.8. The Morgan fingerprint density at radius 2 is 1.76 bits per heavy atom. The zero-order chi connectivity index (χ0) is 20.4. The van der Waals surface area contributed by atoms with Gasteiger partial charge >= 0.3 is 6.03 Å². The van der Waals surface area contributed by atoms with E-state index >= 15 is 0 Å². The molecule has 1 aromatic carbocycles. The average Bonchev–Trinajstić information content (AvgIpc) is 3.15. The fourth-order valence-corrected chi connectivity index (χ4v) is 4.47. The van der Waals surface area contributed by atoms with Crippen LogP contribution in [0.2, 0.25) is 5.02 Å². The summed E-state index contributed by atoms with van der Waals surface area (Å²) in [6, 6.07) is 9.98. The van der Waals surface area contributed by atoms with E-state index in [2.05, 4.69) is 5.32 Å². The molecule has 4 rings (SSSR count). The monoisotopic (exact) mass is 430 g/mol. The van der Waals surface area contributed by atoms with E-state index in [1.807, 2.05) is 12.1 Å². The molecule has 0 bridgehead atoms. The van der Waals surface area contributed by atoms with Crippen molar-refractivity contribution in [3.63, 3.8) is 0 Å². The molecule has 0 spiro atoms. The van der Waals surface area contributed by atoms with Crippen molar-refractivity contribution < 1.29 is 18.8 Å². The summed E-state index contributed by atoms with van der Waals surface area (Å²) in [5, 5.41) is 3.54. The Hall–Kier alpha value is -2.51. The first-order valence-corrected chi connectivity index (χ1v) is 10.6. The van der Waals surface area contributed by atoms with Crippen LogP contribution in [0.3, 0.4) is 0 Å². The summed E-state index contributed by atoms with van der Waals surface area (Å²) < 4.78 is 5.74. The van der Waals surface area contributed by atoms with Crippen LogP contribution < -0.4 is 5.32 Å². The molecular formula is C21H19ClN2O4S. The van der Waals surface area contributed by atoms with Crippen molar-refractivity contribution in [3.05, 3.63) is 52.8 Å². The number of nitrogens with zero attached hydrogens (tertiary/aromatic N) is 1. The number of halogens is 1. The highest BCUT2D eigenvalue weighted by Gasteiger charge is 2.40.